The summed E-state index contributed by atoms with van der Waals surface area (Å²) in [6.45, 7) is 4.97. The predicted molar refractivity (Wildman–Crippen MR) is 94.2 cm³/mol. The maximum atomic E-state index is 12.6. The van der Waals surface area contributed by atoms with Crippen molar-refractivity contribution in [1.29, 1.82) is 0 Å². The third-order valence-electron chi connectivity index (χ3n) is 4.35. The van der Waals surface area contributed by atoms with E-state index in [4.69, 9.17) is 4.74 Å². The van der Waals surface area contributed by atoms with Crippen LogP contribution in [0.4, 0.5) is 0 Å². The van der Waals surface area contributed by atoms with Crippen LogP contribution < -0.4 is 4.74 Å². The van der Waals surface area contributed by atoms with Crippen LogP contribution in [0, 0.1) is 5.92 Å². The minimum Gasteiger partial charge on any atom is -0.497 e. The molecule has 6 nitrogen and oxygen atoms in total. The maximum absolute atomic E-state index is 12.6. The molecule has 0 aliphatic carbocycles. The van der Waals surface area contributed by atoms with Crippen LogP contribution in [0.25, 0.3) is 0 Å². The van der Waals surface area contributed by atoms with Crippen LogP contribution in [0.2, 0.25) is 0 Å². The van der Waals surface area contributed by atoms with E-state index < -0.39 is 10.0 Å². The van der Waals surface area contributed by atoms with E-state index in [9.17, 15) is 8.42 Å². The first-order chi connectivity index (χ1) is 11.4. The number of methoxy groups -OCH3 is 1. The molecular formula is C17H23N3O3S. The Morgan fingerprint density at radius 3 is 2.62 bits per heavy atom. The number of rotatable bonds is 4. The molecule has 1 unspecified atom stereocenters. The van der Waals surface area contributed by atoms with Crippen LogP contribution >= 0.6 is 0 Å². The van der Waals surface area contributed by atoms with Gasteiger partial charge in [0.25, 0.3) is 0 Å². The minimum atomic E-state index is -3.35. The van der Waals surface area contributed by atoms with Gasteiger partial charge in [0.2, 0.25) is 10.0 Å². The summed E-state index contributed by atoms with van der Waals surface area (Å²) >= 11 is 0. The van der Waals surface area contributed by atoms with Crippen molar-refractivity contribution in [2.24, 2.45) is 10.9 Å². The number of sulfonamides is 1. The number of aliphatic imine (C=N–C) groups is 1. The molecule has 2 aliphatic rings. The SMILES string of the molecule is COc1ccc(CN2CC3=CC(C(C)C)N=CN3CS2(=O)=O)cc1. The van der Waals surface area contributed by atoms with Crippen molar-refractivity contribution in [2.45, 2.75) is 26.4 Å². The molecule has 3 rings (SSSR count). The fourth-order valence-electron chi connectivity index (χ4n) is 2.82. The van der Waals surface area contributed by atoms with Crippen LogP contribution in [0.5, 0.6) is 5.75 Å². The molecule has 1 atom stereocenters. The van der Waals surface area contributed by atoms with E-state index >= 15 is 0 Å². The summed E-state index contributed by atoms with van der Waals surface area (Å²) in [5, 5.41) is 0. The van der Waals surface area contributed by atoms with Crippen molar-refractivity contribution in [3.05, 3.63) is 41.6 Å². The van der Waals surface area contributed by atoms with Crippen LogP contribution in [0.15, 0.2) is 41.0 Å². The lowest BCUT2D eigenvalue weighted by molar-refractivity contribution is 0.355. The van der Waals surface area contributed by atoms with Crippen molar-refractivity contribution < 1.29 is 13.2 Å². The first-order valence-electron chi connectivity index (χ1n) is 8.00. The van der Waals surface area contributed by atoms with E-state index in [0.29, 0.717) is 19.0 Å². The second kappa shape index (κ2) is 6.57. The molecule has 2 aliphatic heterocycles. The number of fused-ring (bicyclic) bond motifs is 1. The standard InChI is InChI=1S/C17H23N3O3S/c1-13(2)17-8-15-10-20(24(21,22)12-19(15)11-18-17)9-14-4-6-16(23-3)7-5-14/h4-8,11,13,17H,9-10,12H2,1-3H3. The molecule has 0 spiro atoms. The quantitative estimate of drug-likeness (QED) is 0.835. The average molecular weight is 349 g/mol. The van der Waals surface area contributed by atoms with Gasteiger partial charge in [-0.05, 0) is 29.7 Å². The highest BCUT2D eigenvalue weighted by atomic mass is 32.2. The Balaban J connectivity index is 1.79. The van der Waals surface area contributed by atoms with Crippen molar-refractivity contribution in [1.82, 2.24) is 9.21 Å². The highest BCUT2D eigenvalue weighted by Crippen LogP contribution is 2.26. The van der Waals surface area contributed by atoms with Gasteiger partial charge in [0.1, 0.15) is 11.6 Å². The van der Waals surface area contributed by atoms with Gasteiger partial charge in [-0.25, -0.2) is 8.42 Å². The number of ether oxygens (including phenoxy) is 1. The van der Waals surface area contributed by atoms with Crippen LogP contribution in [0.3, 0.4) is 0 Å². The lowest BCUT2D eigenvalue weighted by Crippen LogP contribution is -2.49. The van der Waals surface area contributed by atoms with E-state index in [0.717, 1.165) is 17.0 Å². The summed E-state index contributed by atoms with van der Waals surface area (Å²) in [6, 6.07) is 7.60. The third kappa shape index (κ3) is 3.47. The van der Waals surface area contributed by atoms with E-state index in [1.807, 2.05) is 24.3 Å². The Labute approximate surface area is 143 Å². The molecule has 1 aromatic rings. The summed E-state index contributed by atoms with van der Waals surface area (Å²) in [5.41, 5.74) is 1.95. The number of hydrogen-bond donors (Lipinski definition) is 0. The van der Waals surface area contributed by atoms with Crippen molar-refractivity contribution in [2.75, 3.05) is 19.5 Å². The molecule has 1 fully saturated rings. The molecule has 0 amide bonds. The van der Waals surface area contributed by atoms with Gasteiger partial charge < -0.3 is 9.64 Å². The molecule has 1 saturated heterocycles. The van der Waals surface area contributed by atoms with Gasteiger partial charge in [-0.3, -0.25) is 4.99 Å². The lowest BCUT2D eigenvalue weighted by atomic mass is 10.0. The molecule has 0 radical (unpaired) electrons. The summed E-state index contributed by atoms with van der Waals surface area (Å²) < 4.78 is 31.8. The van der Waals surface area contributed by atoms with E-state index in [1.165, 1.54) is 4.31 Å². The minimum absolute atomic E-state index is 0.0523. The van der Waals surface area contributed by atoms with Crippen LogP contribution in [0.1, 0.15) is 19.4 Å². The van der Waals surface area contributed by atoms with Crippen molar-refractivity contribution >= 4 is 16.4 Å². The largest absolute Gasteiger partial charge is 0.497 e. The van der Waals surface area contributed by atoms with Gasteiger partial charge in [0.05, 0.1) is 26.0 Å². The molecule has 130 valence electrons. The molecule has 7 heteroatoms. The third-order valence-corrected chi connectivity index (χ3v) is 5.99. The molecule has 24 heavy (non-hydrogen) atoms. The molecule has 0 saturated carbocycles. The Morgan fingerprint density at radius 1 is 1.29 bits per heavy atom. The Kier molecular flexibility index (Phi) is 4.64. The first kappa shape index (κ1) is 17.0. The average Bonchev–Trinajstić information content (AvgIpc) is 2.55. The number of hydrogen-bond acceptors (Lipinski definition) is 5. The smallest absolute Gasteiger partial charge is 0.233 e. The molecule has 0 bridgehead atoms. The van der Waals surface area contributed by atoms with Gasteiger partial charge in [-0.15, -0.1) is 0 Å². The molecule has 2 heterocycles. The zero-order chi connectivity index (χ0) is 17.3. The maximum Gasteiger partial charge on any atom is 0.233 e. The first-order valence-corrected chi connectivity index (χ1v) is 9.61. The summed E-state index contributed by atoms with van der Waals surface area (Å²) in [6.07, 6.45) is 3.75. The van der Waals surface area contributed by atoms with Crippen LogP contribution in [-0.4, -0.2) is 49.5 Å². The molecule has 0 N–H and O–H groups in total. The predicted octanol–water partition coefficient (Wildman–Crippen LogP) is 2.05. The van der Waals surface area contributed by atoms with E-state index in [-0.39, 0.29) is 11.9 Å². The van der Waals surface area contributed by atoms with Gasteiger partial charge in [0, 0.05) is 12.2 Å². The van der Waals surface area contributed by atoms with E-state index in [2.05, 4.69) is 24.9 Å². The van der Waals surface area contributed by atoms with Gasteiger partial charge in [-0.2, -0.15) is 4.31 Å². The fraction of sp³-hybridized carbons (Fsp3) is 0.471. The van der Waals surface area contributed by atoms with Crippen LogP contribution in [-0.2, 0) is 16.6 Å². The molecule has 1 aromatic carbocycles. The Morgan fingerprint density at radius 2 is 2.00 bits per heavy atom. The monoisotopic (exact) mass is 349 g/mol. The van der Waals surface area contributed by atoms with Gasteiger partial charge >= 0.3 is 0 Å². The highest BCUT2D eigenvalue weighted by molar-refractivity contribution is 7.89. The summed E-state index contributed by atoms with van der Waals surface area (Å²) in [7, 11) is -1.74. The zero-order valence-corrected chi connectivity index (χ0v) is 15.0. The second-order valence-electron chi connectivity index (χ2n) is 6.48. The van der Waals surface area contributed by atoms with Gasteiger partial charge in [0.15, 0.2) is 0 Å². The number of nitrogens with zero attached hydrogens (tertiary/aromatic N) is 3. The fourth-order valence-corrected chi connectivity index (χ4v) is 4.24. The molecular weight excluding hydrogens is 326 g/mol. The number of benzene rings is 1. The highest BCUT2D eigenvalue weighted by Gasteiger charge is 2.34. The second-order valence-corrected chi connectivity index (χ2v) is 8.42. The Bertz CT molecular complexity index is 754. The Hall–Kier alpha value is -1.86. The summed E-state index contributed by atoms with van der Waals surface area (Å²) in [5.74, 6) is 1.10. The van der Waals surface area contributed by atoms with E-state index in [1.54, 1.807) is 18.3 Å². The van der Waals surface area contributed by atoms with Gasteiger partial charge in [-0.1, -0.05) is 26.0 Å². The summed E-state index contributed by atoms with van der Waals surface area (Å²) in [4.78, 5) is 6.17. The zero-order valence-electron chi connectivity index (χ0n) is 14.2. The lowest BCUT2D eigenvalue weighted by Gasteiger charge is -2.38. The molecule has 0 aromatic heterocycles. The normalized spacial score (nSPS) is 23.1. The van der Waals surface area contributed by atoms with Crippen molar-refractivity contribution in [3.8, 4) is 5.75 Å². The van der Waals surface area contributed by atoms with Crippen molar-refractivity contribution in [3.63, 3.8) is 0 Å². The topological polar surface area (TPSA) is 62.2 Å².